The Morgan fingerprint density at radius 2 is 2.07 bits per heavy atom. The van der Waals surface area contributed by atoms with Crippen LogP contribution in [0.25, 0.3) is 0 Å². The number of hydrogen-bond acceptors (Lipinski definition) is 5. The first-order valence-electron chi connectivity index (χ1n) is 10.0. The van der Waals surface area contributed by atoms with E-state index in [0.717, 1.165) is 49.4 Å². The van der Waals surface area contributed by atoms with Crippen LogP contribution >= 0.6 is 11.6 Å². The van der Waals surface area contributed by atoms with Crippen molar-refractivity contribution in [1.82, 2.24) is 15.5 Å². The summed E-state index contributed by atoms with van der Waals surface area (Å²) in [5.74, 6) is 0.859. The van der Waals surface area contributed by atoms with Crippen LogP contribution in [0.4, 0.5) is 11.5 Å². The number of nitrogens with zero attached hydrogens (tertiary/aromatic N) is 4. The van der Waals surface area contributed by atoms with Gasteiger partial charge < -0.3 is 15.1 Å². The van der Waals surface area contributed by atoms with Crippen LogP contribution in [0, 0.1) is 5.92 Å². The Kier molecular flexibility index (Phi) is 5.94. The molecule has 0 bridgehead atoms. The number of benzene rings is 1. The van der Waals surface area contributed by atoms with Crippen LogP contribution in [0.2, 0.25) is 5.15 Å². The molecule has 1 aromatic carbocycles. The zero-order chi connectivity index (χ0) is 20.2. The van der Waals surface area contributed by atoms with E-state index in [1.54, 1.807) is 6.07 Å². The molecule has 4 rings (SSSR count). The minimum atomic E-state index is -0.0930. The third-order valence-corrected chi connectivity index (χ3v) is 5.70. The van der Waals surface area contributed by atoms with Gasteiger partial charge in [0.1, 0.15) is 0 Å². The summed E-state index contributed by atoms with van der Waals surface area (Å²) in [7, 11) is 0. The molecule has 2 saturated heterocycles. The number of piperidine rings is 1. The predicted octanol–water partition coefficient (Wildman–Crippen LogP) is 2.79. The van der Waals surface area contributed by atoms with Crippen LogP contribution in [-0.2, 0) is 16.1 Å². The fourth-order valence-corrected chi connectivity index (χ4v) is 4.07. The Bertz CT molecular complexity index is 889. The maximum absolute atomic E-state index is 12.7. The van der Waals surface area contributed by atoms with Crippen LogP contribution in [0.3, 0.4) is 0 Å². The Hall–Kier alpha value is -2.67. The molecule has 0 radical (unpaired) electrons. The summed E-state index contributed by atoms with van der Waals surface area (Å²) < 4.78 is 0. The van der Waals surface area contributed by atoms with Crippen molar-refractivity contribution < 1.29 is 9.59 Å². The largest absolute Gasteiger partial charge is 0.354 e. The quantitative estimate of drug-likeness (QED) is 0.815. The number of amides is 2. The molecule has 2 fully saturated rings. The van der Waals surface area contributed by atoms with Crippen LogP contribution in [0.15, 0.2) is 36.4 Å². The van der Waals surface area contributed by atoms with Crippen LogP contribution in [0.1, 0.15) is 31.2 Å². The summed E-state index contributed by atoms with van der Waals surface area (Å²) in [5.41, 5.74) is 1.90. The molecule has 8 heteroatoms. The molecule has 1 N–H and O–H groups in total. The highest BCUT2D eigenvalue weighted by atomic mass is 35.5. The van der Waals surface area contributed by atoms with Gasteiger partial charge >= 0.3 is 0 Å². The van der Waals surface area contributed by atoms with Crippen molar-refractivity contribution in [3.8, 4) is 0 Å². The van der Waals surface area contributed by atoms with Gasteiger partial charge in [0.2, 0.25) is 11.8 Å². The highest BCUT2D eigenvalue weighted by molar-refractivity contribution is 6.29. The summed E-state index contributed by atoms with van der Waals surface area (Å²) in [5, 5.41) is 11.4. The third-order valence-electron chi connectivity index (χ3n) is 5.50. The summed E-state index contributed by atoms with van der Waals surface area (Å²) in [6.07, 6.45) is 3.29. The van der Waals surface area contributed by atoms with Crippen LogP contribution in [0.5, 0.6) is 0 Å². The first kappa shape index (κ1) is 19.6. The molecule has 7 nitrogen and oxygen atoms in total. The lowest BCUT2D eigenvalue weighted by molar-refractivity contribution is -0.125. The van der Waals surface area contributed by atoms with E-state index in [1.165, 1.54) is 0 Å². The maximum atomic E-state index is 12.7. The van der Waals surface area contributed by atoms with E-state index in [2.05, 4.69) is 20.4 Å². The van der Waals surface area contributed by atoms with E-state index in [4.69, 9.17) is 11.6 Å². The van der Waals surface area contributed by atoms with Gasteiger partial charge in [0.05, 0.1) is 5.92 Å². The van der Waals surface area contributed by atoms with E-state index in [-0.39, 0.29) is 17.7 Å². The van der Waals surface area contributed by atoms with E-state index in [1.807, 2.05) is 35.2 Å². The molecule has 2 aliphatic rings. The van der Waals surface area contributed by atoms with E-state index in [9.17, 15) is 9.59 Å². The molecule has 2 aliphatic heterocycles. The monoisotopic (exact) mass is 413 g/mol. The van der Waals surface area contributed by atoms with Crippen molar-refractivity contribution in [3.05, 3.63) is 47.1 Å². The van der Waals surface area contributed by atoms with Crippen molar-refractivity contribution in [2.75, 3.05) is 29.4 Å². The molecule has 3 heterocycles. The molecule has 0 aliphatic carbocycles. The standard InChI is InChI=1S/C21H24ClN5O2/c22-18-8-9-19(25-24-18)26-10-2-5-16(14-26)21(29)23-13-15-4-1-6-17(12-15)27-11-3-7-20(27)28/h1,4,6,8-9,12,16H,2-3,5,7,10-11,13-14H2,(H,23,29)/t16-/m0/s1. The van der Waals surface area contributed by atoms with Gasteiger partial charge in [0.15, 0.2) is 11.0 Å². The van der Waals surface area contributed by atoms with Gasteiger partial charge in [-0.3, -0.25) is 9.59 Å². The number of aromatic nitrogens is 2. The highest BCUT2D eigenvalue weighted by Gasteiger charge is 2.27. The van der Waals surface area contributed by atoms with Gasteiger partial charge in [-0.1, -0.05) is 23.7 Å². The summed E-state index contributed by atoms with van der Waals surface area (Å²) >= 11 is 5.81. The van der Waals surface area contributed by atoms with Gasteiger partial charge in [-0.15, -0.1) is 10.2 Å². The molecule has 1 atom stereocenters. The van der Waals surface area contributed by atoms with Gasteiger partial charge in [-0.05, 0) is 49.1 Å². The van der Waals surface area contributed by atoms with E-state index in [0.29, 0.717) is 24.7 Å². The lowest BCUT2D eigenvalue weighted by atomic mass is 9.97. The molecule has 152 valence electrons. The first-order valence-corrected chi connectivity index (χ1v) is 10.4. The number of rotatable bonds is 5. The summed E-state index contributed by atoms with van der Waals surface area (Å²) in [6.45, 7) is 2.68. The number of halogens is 1. The van der Waals surface area contributed by atoms with Gasteiger partial charge in [0, 0.05) is 38.3 Å². The molecule has 0 spiro atoms. The van der Waals surface area contributed by atoms with Gasteiger partial charge in [0.25, 0.3) is 0 Å². The average Bonchev–Trinajstić information content (AvgIpc) is 3.19. The molecule has 0 saturated carbocycles. The molecule has 2 amide bonds. The minimum absolute atomic E-state index is 0.0410. The maximum Gasteiger partial charge on any atom is 0.227 e. The molecule has 2 aromatic rings. The van der Waals surface area contributed by atoms with E-state index < -0.39 is 0 Å². The smallest absolute Gasteiger partial charge is 0.227 e. The van der Waals surface area contributed by atoms with Gasteiger partial charge in [-0.25, -0.2) is 0 Å². The second-order valence-electron chi connectivity index (χ2n) is 7.54. The molecular formula is C21H24ClN5O2. The minimum Gasteiger partial charge on any atom is -0.354 e. The predicted molar refractivity (Wildman–Crippen MR) is 112 cm³/mol. The zero-order valence-electron chi connectivity index (χ0n) is 16.2. The van der Waals surface area contributed by atoms with Crippen molar-refractivity contribution in [3.63, 3.8) is 0 Å². The topological polar surface area (TPSA) is 78.4 Å². The highest BCUT2D eigenvalue weighted by Crippen LogP contribution is 2.24. The summed E-state index contributed by atoms with van der Waals surface area (Å²) in [6, 6.07) is 11.4. The fraction of sp³-hybridized carbons (Fsp3) is 0.429. The Morgan fingerprint density at radius 3 is 2.83 bits per heavy atom. The lowest BCUT2D eigenvalue weighted by Gasteiger charge is -2.32. The third kappa shape index (κ3) is 4.67. The van der Waals surface area contributed by atoms with Crippen LogP contribution in [-0.4, -0.2) is 41.6 Å². The molecule has 0 unspecified atom stereocenters. The Labute approximate surface area is 175 Å². The van der Waals surface area contributed by atoms with Gasteiger partial charge in [-0.2, -0.15) is 0 Å². The zero-order valence-corrected chi connectivity index (χ0v) is 16.9. The molecule has 29 heavy (non-hydrogen) atoms. The lowest BCUT2D eigenvalue weighted by Crippen LogP contribution is -2.43. The second-order valence-corrected chi connectivity index (χ2v) is 7.92. The number of hydrogen-bond donors (Lipinski definition) is 1. The second kappa shape index (κ2) is 8.78. The number of nitrogens with one attached hydrogen (secondary N) is 1. The van der Waals surface area contributed by atoms with Crippen molar-refractivity contribution in [2.45, 2.75) is 32.2 Å². The molecular weight excluding hydrogens is 390 g/mol. The van der Waals surface area contributed by atoms with Crippen LogP contribution < -0.4 is 15.1 Å². The summed E-state index contributed by atoms with van der Waals surface area (Å²) in [4.78, 5) is 28.6. The SMILES string of the molecule is O=C(NCc1cccc(N2CCCC2=O)c1)[C@H]1CCCN(c2ccc(Cl)nn2)C1. The van der Waals surface area contributed by atoms with Crippen molar-refractivity contribution in [2.24, 2.45) is 5.92 Å². The average molecular weight is 414 g/mol. The van der Waals surface area contributed by atoms with Crippen molar-refractivity contribution in [1.29, 1.82) is 0 Å². The first-order chi connectivity index (χ1) is 14.1. The normalized spacial score (nSPS) is 19.5. The number of anilines is 2. The number of carbonyl (C=O) groups is 2. The Morgan fingerprint density at radius 1 is 1.17 bits per heavy atom. The number of carbonyl (C=O) groups excluding carboxylic acids is 2. The molecule has 1 aromatic heterocycles. The Balaban J connectivity index is 1.34. The van der Waals surface area contributed by atoms with Crippen molar-refractivity contribution >= 4 is 34.9 Å². The fourth-order valence-electron chi connectivity index (χ4n) is 3.97. The van der Waals surface area contributed by atoms with E-state index >= 15 is 0 Å².